The third kappa shape index (κ3) is 4.04. The number of ether oxygens (including phenoxy) is 1. The normalized spacial score (nSPS) is 18.5. The van der Waals surface area contributed by atoms with E-state index >= 15 is 0 Å². The van der Waals surface area contributed by atoms with Gasteiger partial charge in [0.1, 0.15) is 0 Å². The van der Waals surface area contributed by atoms with Crippen LogP contribution in [0.2, 0.25) is 0 Å². The Kier molecular flexibility index (Phi) is 6.23. The molecule has 1 aliphatic heterocycles. The van der Waals surface area contributed by atoms with Crippen LogP contribution in [0.5, 0.6) is 0 Å². The zero-order valence-corrected chi connectivity index (χ0v) is 16.8. The SMILES string of the molecule is C\C=C/C=C(\C=C/C)n1c(=O)c(C(=O)OCC)c2n1CC[PH](C)(C)C2. The number of carbonyl (C=O) groups excluding carboxylic acids is 1. The van der Waals surface area contributed by atoms with Gasteiger partial charge in [-0.25, -0.2) is 0 Å². The fourth-order valence-electron chi connectivity index (χ4n) is 3.18. The average molecular weight is 364 g/mol. The first-order valence-electron chi connectivity index (χ1n) is 8.84. The van der Waals surface area contributed by atoms with Gasteiger partial charge in [-0.3, -0.25) is 0 Å². The van der Waals surface area contributed by atoms with E-state index in [1.807, 2.05) is 48.9 Å². The molecule has 0 radical (unpaired) electrons. The fourth-order valence-corrected chi connectivity index (χ4v) is 5.44. The maximum atomic E-state index is 13.1. The first-order chi connectivity index (χ1) is 11.9. The van der Waals surface area contributed by atoms with Gasteiger partial charge in [0.25, 0.3) is 0 Å². The van der Waals surface area contributed by atoms with Gasteiger partial charge >= 0.3 is 149 Å². The molecule has 1 aliphatic rings. The molecule has 0 saturated heterocycles. The minimum atomic E-state index is -1.46. The van der Waals surface area contributed by atoms with Crippen LogP contribution in [0, 0.1) is 0 Å². The predicted molar refractivity (Wildman–Crippen MR) is 107 cm³/mol. The molecule has 2 rings (SSSR count). The van der Waals surface area contributed by atoms with Crippen molar-refractivity contribution in [3.05, 3.63) is 52.0 Å². The van der Waals surface area contributed by atoms with Crippen molar-refractivity contribution < 1.29 is 9.53 Å². The van der Waals surface area contributed by atoms with Crippen molar-refractivity contribution in [3.8, 4) is 0 Å². The van der Waals surface area contributed by atoms with Crippen LogP contribution in [-0.4, -0.2) is 41.4 Å². The van der Waals surface area contributed by atoms with Crippen molar-refractivity contribution in [1.29, 1.82) is 0 Å². The number of esters is 1. The zero-order valence-electron chi connectivity index (χ0n) is 15.8. The van der Waals surface area contributed by atoms with Crippen molar-refractivity contribution in [3.63, 3.8) is 0 Å². The third-order valence-corrected chi connectivity index (χ3v) is 7.28. The van der Waals surface area contributed by atoms with E-state index in [0.717, 1.165) is 30.3 Å². The molecule has 0 aliphatic carbocycles. The van der Waals surface area contributed by atoms with Gasteiger partial charge in [-0.1, -0.05) is 0 Å². The molecule has 0 fully saturated rings. The van der Waals surface area contributed by atoms with Gasteiger partial charge in [0, 0.05) is 0 Å². The van der Waals surface area contributed by atoms with Crippen molar-refractivity contribution in [2.75, 3.05) is 26.1 Å². The molecule has 0 N–H and O–H groups in total. The molecule has 138 valence electrons. The van der Waals surface area contributed by atoms with E-state index in [9.17, 15) is 9.59 Å². The Morgan fingerprint density at radius 3 is 2.60 bits per heavy atom. The summed E-state index contributed by atoms with van der Waals surface area (Å²) in [6, 6.07) is 0. The quantitative estimate of drug-likeness (QED) is 0.457. The Hall–Kier alpha value is -1.87. The summed E-state index contributed by atoms with van der Waals surface area (Å²) < 4.78 is 8.78. The Morgan fingerprint density at radius 1 is 1.28 bits per heavy atom. The number of carbonyl (C=O) groups is 1. The van der Waals surface area contributed by atoms with Crippen molar-refractivity contribution in [1.82, 2.24) is 9.36 Å². The molecule has 1 aromatic heterocycles. The molecule has 0 amide bonds. The van der Waals surface area contributed by atoms with Gasteiger partial charge in [0.15, 0.2) is 0 Å². The molecule has 0 saturated carbocycles. The van der Waals surface area contributed by atoms with Crippen molar-refractivity contribution in [2.24, 2.45) is 0 Å². The Labute approximate surface area is 150 Å². The molecule has 6 heteroatoms. The standard InChI is InChI=1S/C19H29N2O3P/c1-6-9-11-15(10-7-2)21-18(22)17(19(23)24-8-3)16-14-25(4,5)13-12-20(16)21/h6-7,9-11,25H,8,12-14H2,1-5H3/b9-6-,10-7-,15-11+. The molecule has 25 heavy (non-hydrogen) atoms. The second-order valence-electron chi connectivity index (χ2n) is 6.99. The number of nitrogens with zero attached hydrogens (tertiary/aromatic N) is 2. The van der Waals surface area contributed by atoms with Crippen LogP contribution in [-0.2, 0) is 17.4 Å². The molecular formula is C19H29N2O3P. The number of fused-ring (bicyclic) bond motifs is 1. The zero-order chi connectivity index (χ0) is 18.6. The molecule has 5 nitrogen and oxygen atoms in total. The molecule has 0 spiro atoms. The van der Waals surface area contributed by atoms with Crippen LogP contribution < -0.4 is 5.56 Å². The van der Waals surface area contributed by atoms with Crippen LogP contribution in [0.3, 0.4) is 0 Å². The van der Waals surface area contributed by atoms with Gasteiger partial charge in [-0.2, -0.15) is 0 Å². The van der Waals surface area contributed by atoms with Crippen molar-refractivity contribution in [2.45, 2.75) is 33.5 Å². The molecular weight excluding hydrogens is 335 g/mol. The first kappa shape index (κ1) is 19.5. The van der Waals surface area contributed by atoms with E-state index < -0.39 is 13.2 Å². The molecule has 0 aromatic carbocycles. The van der Waals surface area contributed by atoms with Crippen molar-refractivity contribution >= 4 is 18.9 Å². The van der Waals surface area contributed by atoms with Gasteiger partial charge in [0.05, 0.1) is 0 Å². The number of aromatic nitrogens is 2. The molecule has 2 heterocycles. The topological polar surface area (TPSA) is 53.2 Å². The van der Waals surface area contributed by atoms with Crippen LogP contribution in [0.4, 0.5) is 0 Å². The summed E-state index contributed by atoms with van der Waals surface area (Å²) in [6.45, 7) is 11.2. The number of hydrogen-bond donors (Lipinski definition) is 0. The monoisotopic (exact) mass is 364 g/mol. The van der Waals surface area contributed by atoms with Crippen LogP contribution in [0.1, 0.15) is 36.8 Å². The van der Waals surface area contributed by atoms with E-state index in [0.29, 0.717) is 0 Å². The van der Waals surface area contributed by atoms with Gasteiger partial charge < -0.3 is 0 Å². The van der Waals surface area contributed by atoms with Gasteiger partial charge in [-0.05, 0) is 0 Å². The Balaban J connectivity index is 2.74. The molecule has 0 atom stereocenters. The average Bonchev–Trinajstić information content (AvgIpc) is 2.82. The third-order valence-electron chi connectivity index (χ3n) is 4.42. The van der Waals surface area contributed by atoms with Crippen LogP contribution in [0.25, 0.3) is 5.70 Å². The predicted octanol–water partition coefficient (Wildman–Crippen LogP) is 3.34. The fraction of sp³-hybridized carbons (Fsp3) is 0.474. The van der Waals surface area contributed by atoms with Crippen LogP contribution >= 0.6 is 7.26 Å². The van der Waals surface area contributed by atoms with Gasteiger partial charge in [0.2, 0.25) is 0 Å². The second-order valence-corrected chi connectivity index (χ2v) is 12.2. The molecule has 1 aromatic rings. The number of rotatable bonds is 5. The summed E-state index contributed by atoms with van der Waals surface area (Å²) in [5.41, 5.74) is 1.51. The van der Waals surface area contributed by atoms with E-state index in [4.69, 9.17) is 4.74 Å². The van der Waals surface area contributed by atoms with Gasteiger partial charge in [-0.15, -0.1) is 0 Å². The first-order valence-corrected chi connectivity index (χ1v) is 12.3. The van der Waals surface area contributed by atoms with Crippen LogP contribution in [0.15, 0.2) is 35.2 Å². The molecule has 0 bridgehead atoms. The Morgan fingerprint density at radius 2 is 2.00 bits per heavy atom. The number of allylic oxidation sites excluding steroid dienone is 6. The van der Waals surface area contributed by atoms with E-state index in [-0.39, 0.29) is 17.7 Å². The second kappa shape index (κ2) is 8.01. The van der Waals surface area contributed by atoms with E-state index in [1.54, 1.807) is 11.6 Å². The summed E-state index contributed by atoms with van der Waals surface area (Å²) in [4.78, 5) is 25.6. The summed E-state index contributed by atoms with van der Waals surface area (Å²) in [5.74, 6) is -0.507. The maximum absolute atomic E-state index is 13.1. The summed E-state index contributed by atoms with van der Waals surface area (Å²) in [7, 11) is -1.46. The van der Waals surface area contributed by atoms with E-state index in [1.165, 1.54) is 0 Å². The Bertz CT molecular complexity index is 794. The number of hydrogen-bond acceptors (Lipinski definition) is 3. The summed E-state index contributed by atoms with van der Waals surface area (Å²) in [6.07, 6.45) is 11.4. The summed E-state index contributed by atoms with van der Waals surface area (Å²) in [5, 5.41) is 0. The minimum absolute atomic E-state index is 0.206. The molecule has 0 unspecified atom stereocenters. The summed E-state index contributed by atoms with van der Waals surface area (Å²) >= 11 is 0. The van der Waals surface area contributed by atoms with E-state index in [2.05, 4.69) is 13.3 Å².